The average Bonchev–Trinajstić information content (AvgIpc) is 3.07. The number of anilines is 1. The SMILES string of the molecule is COc1ccccc1CCNC(=O)CSC1=NCC(=O)N1c1ccccc1Cl. The van der Waals surface area contributed by atoms with Crippen LogP contribution in [0.2, 0.25) is 5.02 Å². The van der Waals surface area contributed by atoms with E-state index in [2.05, 4.69) is 10.3 Å². The fraction of sp³-hybridized carbons (Fsp3) is 0.250. The number of para-hydroxylation sites is 2. The Labute approximate surface area is 172 Å². The monoisotopic (exact) mass is 417 g/mol. The minimum atomic E-state index is -0.160. The highest BCUT2D eigenvalue weighted by molar-refractivity contribution is 8.14. The molecule has 6 nitrogen and oxygen atoms in total. The zero-order valence-electron chi connectivity index (χ0n) is 15.4. The van der Waals surface area contributed by atoms with Gasteiger partial charge in [0, 0.05) is 6.54 Å². The summed E-state index contributed by atoms with van der Waals surface area (Å²) >= 11 is 7.42. The van der Waals surface area contributed by atoms with Crippen molar-refractivity contribution in [1.29, 1.82) is 0 Å². The van der Waals surface area contributed by atoms with Crippen LogP contribution < -0.4 is 15.0 Å². The summed E-state index contributed by atoms with van der Waals surface area (Å²) in [5.74, 6) is 0.687. The number of methoxy groups -OCH3 is 1. The first kappa shape index (κ1) is 20.2. The maximum Gasteiger partial charge on any atom is 0.254 e. The smallest absolute Gasteiger partial charge is 0.254 e. The Morgan fingerprint density at radius 1 is 1.25 bits per heavy atom. The summed E-state index contributed by atoms with van der Waals surface area (Å²) in [6.45, 7) is 0.558. The third-order valence-electron chi connectivity index (χ3n) is 4.13. The summed E-state index contributed by atoms with van der Waals surface area (Å²) in [5.41, 5.74) is 1.61. The zero-order chi connectivity index (χ0) is 19.9. The first-order valence-electron chi connectivity index (χ1n) is 8.73. The fourth-order valence-electron chi connectivity index (χ4n) is 2.79. The first-order chi connectivity index (χ1) is 13.6. The Morgan fingerprint density at radius 3 is 2.79 bits per heavy atom. The van der Waals surface area contributed by atoms with E-state index in [1.807, 2.05) is 24.3 Å². The van der Waals surface area contributed by atoms with Gasteiger partial charge in [-0.3, -0.25) is 19.5 Å². The number of ether oxygens (including phenoxy) is 1. The van der Waals surface area contributed by atoms with Crippen molar-refractivity contribution >= 4 is 46.0 Å². The summed E-state index contributed by atoms with van der Waals surface area (Å²) in [5, 5.41) is 3.83. The predicted molar refractivity (Wildman–Crippen MR) is 113 cm³/mol. The van der Waals surface area contributed by atoms with Gasteiger partial charge in [0.1, 0.15) is 12.3 Å². The van der Waals surface area contributed by atoms with Crippen LogP contribution in [0.4, 0.5) is 5.69 Å². The van der Waals surface area contributed by atoms with Crippen LogP contribution in [0, 0.1) is 0 Å². The molecule has 1 heterocycles. The lowest BCUT2D eigenvalue weighted by atomic mass is 10.1. The van der Waals surface area contributed by atoms with Gasteiger partial charge < -0.3 is 10.1 Å². The molecule has 0 aromatic heterocycles. The van der Waals surface area contributed by atoms with Crippen molar-refractivity contribution in [3.8, 4) is 5.75 Å². The highest BCUT2D eigenvalue weighted by Crippen LogP contribution is 2.30. The number of benzene rings is 2. The van der Waals surface area contributed by atoms with Crippen molar-refractivity contribution in [3.63, 3.8) is 0 Å². The third-order valence-corrected chi connectivity index (χ3v) is 5.42. The van der Waals surface area contributed by atoms with Gasteiger partial charge in [-0.05, 0) is 30.2 Å². The van der Waals surface area contributed by atoms with Gasteiger partial charge in [-0.1, -0.05) is 53.7 Å². The molecule has 2 aromatic carbocycles. The number of amides is 2. The lowest BCUT2D eigenvalue weighted by molar-refractivity contribution is -0.118. The van der Waals surface area contributed by atoms with Crippen LogP contribution in [-0.2, 0) is 16.0 Å². The number of carbonyl (C=O) groups is 2. The van der Waals surface area contributed by atoms with Crippen LogP contribution >= 0.6 is 23.4 Å². The van der Waals surface area contributed by atoms with Crippen LogP contribution in [0.25, 0.3) is 0 Å². The van der Waals surface area contributed by atoms with E-state index in [-0.39, 0.29) is 24.1 Å². The lowest BCUT2D eigenvalue weighted by Gasteiger charge is -2.19. The van der Waals surface area contributed by atoms with E-state index in [1.54, 1.807) is 31.4 Å². The lowest BCUT2D eigenvalue weighted by Crippen LogP contribution is -2.33. The van der Waals surface area contributed by atoms with Crippen molar-refractivity contribution < 1.29 is 14.3 Å². The Bertz CT molecular complexity index is 904. The van der Waals surface area contributed by atoms with Crippen LogP contribution in [0.3, 0.4) is 0 Å². The minimum Gasteiger partial charge on any atom is -0.496 e. The molecule has 1 aliphatic rings. The Kier molecular flexibility index (Phi) is 6.95. The average molecular weight is 418 g/mol. The van der Waals surface area contributed by atoms with Crippen LogP contribution in [0.1, 0.15) is 5.56 Å². The zero-order valence-corrected chi connectivity index (χ0v) is 16.9. The maximum atomic E-state index is 12.2. The number of aliphatic imine (C=N–C) groups is 1. The summed E-state index contributed by atoms with van der Waals surface area (Å²) < 4.78 is 5.31. The number of nitrogens with one attached hydrogen (secondary N) is 1. The van der Waals surface area contributed by atoms with Crippen LogP contribution in [0.5, 0.6) is 5.75 Å². The standard InChI is InChI=1S/C20H20ClN3O3S/c1-27-17-9-5-2-6-14(17)10-11-22-18(25)13-28-20-23-12-19(26)24(20)16-8-4-3-7-15(16)21/h2-9H,10-13H2,1H3,(H,22,25). The maximum absolute atomic E-state index is 12.2. The molecule has 0 fully saturated rings. The minimum absolute atomic E-state index is 0.0585. The summed E-state index contributed by atoms with van der Waals surface area (Å²) in [6, 6.07) is 14.8. The number of halogens is 1. The molecule has 8 heteroatoms. The molecule has 0 saturated heterocycles. The molecule has 146 valence electrons. The molecule has 0 aliphatic carbocycles. The summed E-state index contributed by atoms with van der Waals surface area (Å²) in [7, 11) is 1.63. The van der Waals surface area contributed by atoms with Gasteiger partial charge in [-0.15, -0.1) is 0 Å². The normalized spacial score (nSPS) is 13.4. The molecule has 2 amide bonds. The van der Waals surface area contributed by atoms with E-state index in [4.69, 9.17) is 16.3 Å². The van der Waals surface area contributed by atoms with Crippen molar-refractivity contribution in [2.24, 2.45) is 4.99 Å². The van der Waals surface area contributed by atoms with Gasteiger partial charge >= 0.3 is 0 Å². The van der Waals surface area contributed by atoms with Crippen molar-refractivity contribution in [2.45, 2.75) is 6.42 Å². The predicted octanol–water partition coefficient (Wildman–Crippen LogP) is 3.14. The summed E-state index contributed by atoms with van der Waals surface area (Å²) in [4.78, 5) is 30.1. The van der Waals surface area contributed by atoms with Gasteiger partial charge in [0.2, 0.25) is 5.91 Å². The van der Waals surface area contributed by atoms with Crippen molar-refractivity contribution in [2.75, 3.05) is 30.9 Å². The third kappa shape index (κ3) is 4.85. The van der Waals surface area contributed by atoms with Gasteiger partial charge in [0.15, 0.2) is 5.17 Å². The first-order valence-corrected chi connectivity index (χ1v) is 10.1. The molecule has 0 atom stereocenters. The molecular formula is C20H20ClN3O3S. The number of hydrogen-bond donors (Lipinski definition) is 1. The molecule has 0 bridgehead atoms. The Hall–Kier alpha value is -2.51. The second kappa shape index (κ2) is 9.61. The molecule has 0 saturated carbocycles. The molecule has 0 spiro atoms. The number of hydrogen-bond acceptors (Lipinski definition) is 5. The van der Waals surface area contributed by atoms with E-state index in [9.17, 15) is 9.59 Å². The number of amidine groups is 1. The van der Waals surface area contributed by atoms with E-state index in [0.29, 0.717) is 28.8 Å². The largest absolute Gasteiger partial charge is 0.496 e. The number of nitrogens with zero attached hydrogens (tertiary/aromatic N) is 2. The molecule has 1 N–H and O–H groups in total. The van der Waals surface area contributed by atoms with Crippen molar-refractivity contribution in [1.82, 2.24) is 5.32 Å². The molecule has 1 aliphatic heterocycles. The van der Waals surface area contributed by atoms with Gasteiger partial charge in [-0.2, -0.15) is 0 Å². The fourth-order valence-corrected chi connectivity index (χ4v) is 3.86. The molecule has 0 unspecified atom stereocenters. The van der Waals surface area contributed by atoms with Gasteiger partial charge in [-0.25, -0.2) is 0 Å². The number of thioether (sulfide) groups is 1. The molecule has 28 heavy (non-hydrogen) atoms. The van der Waals surface area contributed by atoms with Gasteiger partial charge in [0.05, 0.1) is 23.6 Å². The molecule has 0 radical (unpaired) electrons. The molecule has 2 aromatic rings. The van der Waals surface area contributed by atoms with E-state index >= 15 is 0 Å². The second-order valence-corrected chi connectivity index (χ2v) is 7.33. The quantitative estimate of drug-likeness (QED) is 0.751. The number of carbonyl (C=O) groups excluding carboxylic acids is 2. The van der Waals surface area contributed by atoms with Crippen LogP contribution in [-0.4, -0.2) is 42.9 Å². The Balaban J connectivity index is 1.51. The van der Waals surface area contributed by atoms with Crippen molar-refractivity contribution in [3.05, 3.63) is 59.1 Å². The molecule has 3 rings (SSSR count). The van der Waals surface area contributed by atoms with E-state index in [1.165, 1.54) is 16.7 Å². The Morgan fingerprint density at radius 2 is 2.00 bits per heavy atom. The highest BCUT2D eigenvalue weighted by atomic mass is 35.5. The molecular weight excluding hydrogens is 398 g/mol. The topological polar surface area (TPSA) is 71.0 Å². The van der Waals surface area contributed by atoms with E-state index < -0.39 is 0 Å². The summed E-state index contributed by atoms with van der Waals surface area (Å²) in [6.07, 6.45) is 0.672. The highest BCUT2D eigenvalue weighted by Gasteiger charge is 2.29. The number of rotatable bonds is 7. The van der Waals surface area contributed by atoms with Crippen LogP contribution in [0.15, 0.2) is 53.5 Å². The van der Waals surface area contributed by atoms with Gasteiger partial charge in [0.25, 0.3) is 5.91 Å². The van der Waals surface area contributed by atoms with E-state index in [0.717, 1.165) is 11.3 Å². The second-order valence-electron chi connectivity index (χ2n) is 5.98.